The van der Waals surface area contributed by atoms with Crippen molar-refractivity contribution >= 4 is 5.91 Å². The number of nitrogens with one attached hydrogen (secondary N) is 1. The first-order valence-electron chi connectivity index (χ1n) is 10.8. The summed E-state index contributed by atoms with van der Waals surface area (Å²) in [4.78, 5) is 27.6. The molecule has 30 heavy (non-hydrogen) atoms. The number of rotatable bonds is 5. The molecular formula is C24H30N2O4. The summed E-state index contributed by atoms with van der Waals surface area (Å²) in [6.45, 7) is 3.88. The predicted octanol–water partition coefficient (Wildman–Crippen LogP) is 2.31. The third kappa shape index (κ3) is 4.07. The molecule has 1 aromatic heterocycles. The summed E-state index contributed by atoms with van der Waals surface area (Å²) in [5, 5.41) is 13.4. The second-order valence-electron chi connectivity index (χ2n) is 8.68. The van der Waals surface area contributed by atoms with Gasteiger partial charge in [0.05, 0.1) is 6.61 Å². The lowest BCUT2D eigenvalue weighted by Gasteiger charge is -2.50. The van der Waals surface area contributed by atoms with Crippen molar-refractivity contribution in [1.29, 1.82) is 0 Å². The number of aliphatic hydroxyl groups excluding tert-OH is 1. The van der Waals surface area contributed by atoms with Crippen molar-refractivity contribution in [2.75, 3.05) is 26.2 Å². The molecule has 6 heteroatoms. The first kappa shape index (κ1) is 20.8. The average molecular weight is 411 g/mol. The Kier molecular flexibility index (Phi) is 6.06. The van der Waals surface area contributed by atoms with E-state index in [1.54, 1.807) is 11.8 Å². The first-order valence-corrected chi connectivity index (χ1v) is 10.8. The van der Waals surface area contributed by atoms with Crippen LogP contribution in [0.4, 0.5) is 0 Å². The summed E-state index contributed by atoms with van der Waals surface area (Å²) in [5.41, 5.74) is 1.26. The summed E-state index contributed by atoms with van der Waals surface area (Å²) in [6, 6.07) is 11.9. The van der Waals surface area contributed by atoms with Crippen molar-refractivity contribution in [2.45, 2.75) is 45.1 Å². The third-order valence-corrected chi connectivity index (χ3v) is 6.78. The van der Waals surface area contributed by atoms with Gasteiger partial charge in [-0.2, -0.15) is 0 Å². The van der Waals surface area contributed by atoms with Crippen LogP contribution in [0, 0.1) is 12.3 Å². The Morgan fingerprint density at radius 3 is 2.80 bits per heavy atom. The van der Waals surface area contributed by atoms with Crippen molar-refractivity contribution in [3.8, 4) is 0 Å². The summed E-state index contributed by atoms with van der Waals surface area (Å²) in [7, 11) is 0. The van der Waals surface area contributed by atoms with Gasteiger partial charge in [-0.05, 0) is 56.3 Å². The number of aliphatic hydroxyl groups is 1. The number of likely N-dealkylation sites (tertiary alicyclic amines) is 1. The molecule has 0 spiro atoms. The van der Waals surface area contributed by atoms with Crippen LogP contribution in [0.2, 0.25) is 0 Å². The lowest BCUT2D eigenvalue weighted by Crippen LogP contribution is -2.62. The van der Waals surface area contributed by atoms with Crippen LogP contribution in [0.15, 0.2) is 45.6 Å². The second-order valence-corrected chi connectivity index (χ2v) is 8.68. The van der Waals surface area contributed by atoms with Gasteiger partial charge in [0.15, 0.2) is 0 Å². The molecule has 2 saturated heterocycles. The number of piperidine rings is 2. The molecule has 2 N–H and O–H groups in total. The van der Waals surface area contributed by atoms with Crippen LogP contribution >= 0.6 is 0 Å². The Bertz CT molecular complexity index is 955. The van der Waals surface area contributed by atoms with Crippen molar-refractivity contribution in [2.24, 2.45) is 5.41 Å². The lowest BCUT2D eigenvalue weighted by molar-refractivity contribution is -0.00897. The first-order chi connectivity index (χ1) is 14.5. The van der Waals surface area contributed by atoms with Crippen LogP contribution in [-0.2, 0) is 12.8 Å². The van der Waals surface area contributed by atoms with Crippen LogP contribution in [0.3, 0.4) is 0 Å². The second kappa shape index (κ2) is 8.74. The van der Waals surface area contributed by atoms with Crippen LogP contribution < -0.4 is 10.9 Å². The highest BCUT2D eigenvalue weighted by Gasteiger charge is 2.45. The molecule has 0 radical (unpaired) electrons. The highest BCUT2D eigenvalue weighted by Crippen LogP contribution is 2.38. The van der Waals surface area contributed by atoms with E-state index in [0.717, 1.165) is 32.2 Å². The number of hydrogen-bond acceptors (Lipinski definition) is 5. The summed E-state index contributed by atoms with van der Waals surface area (Å²) in [6.07, 6.45) is 4.15. The minimum absolute atomic E-state index is 0.0615. The average Bonchev–Trinajstić information content (AvgIpc) is 2.77. The van der Waals surface area contributed by atoms with E-state index in [2.05, 4.69) is 5.32 Å². The molecule has 2 fully saturated rings. The maximum Gasteiger partial charge on any atom is 0.349 e. The van der Waals surface area contributed by atoms with E-state index in [4.69, 9.17) is 4.42 Å². The summed E-state index contributed by atoms with van der Waals surface area (Å²) in [5.74, 6) is 0.333. The number of hydrogen-bond donors (Lipinski definition) is 2. The van der Waals surface area contributed by atoms with E-state index in [-0.39, 0.29) is 29.5 Å². The number of carbonyl (C=O) groups excluding carboxylic acids is 1. The van der Waals surface area contributed by atoms with E-state index in [1.165, 1.54) is 5.56 Å². The van der Waals surface area contributed by atoms with E-state index < -0.39 is 5.63 Å². The summed E-state index contributed by atoms with van der Waals surface area (Å²) < 4.78 is 5.51. The van der Waals surface area contributed by atoms with Crippen LogP contribution in [0.1, 0.15) is 46.5 Å². The van der Waals surface area contributed by atoms with E-state index in [0.29, 0.717) is 30.8 Å². The van der Waals surface area contributed by atoms with Gasteiger partial charge in [0.25, 0.3) is 5.91 Å². The predicted molar refractivity (Wildman–Crippen MR) is 115 cm³/mol. The largest absolute Gasteiger partial charge is 0.427 e. The highest BCUT2D eigenvalue weighted by atomic mass is 16.4. The molecule has 2 atom stereocenters. The normalized spacial score (nSPS) is 23.8. The fraction of sp³-hybridized carbons (Fsp3) is 0.500. The molecule has 2 aliphatic rings. The molecule has 6 nitrogen and oxygen atoms in total. The van der Waals surface area contributed by atoms with Crippen molar-refractivity contribution in [3.05, 3.63) is 69.3 Å². The van der Waals surface area contributed by atoms with E-state index in [9.17, 15) is 14.7 Å². The van der Waals surface area contributed by atoms with Gasteiger partial charge in [-0.1, -0.05) is 30.3 Å². The molecule has 2 aliphatic heterocycles. The molecule has 0 unspecified atom stereocenters. The SMILES string of the molecule is Cc1cc(CCc2ccccc2)oc(=O)c1C(=O)N1CC[C@@]2(CO)CCCN[C@@H]2C1. The molecule has 1 aromatic carbocycles. The number of aryl methyl sites for hydroxylation is 3. The van der Waals surface area contributed by atoms with Gasteiger partial charge in [0.1, 0.15) is 11.3 Å². The molecule has 1 amide bonds. The molecule has 160 valence electrons. The number of nitrogens with zero attached hydrogens (tertiary/aromatic N) is 1. The summed E-state index contributed by atoms with van der Waals surface area (Å²) >= 11 is 0. The monoisotopic (exact) mass is 410 g/mol. The standard InChI is InChI=1S/C24H30N2O4/c1-17-14-19(9-8-18-6-3-2-4-7-18)30-23(29)21(17)22(28)26-13-11-24(16-27)10-5-12-25-20(24)15-26/h2-4,6-7,14,20,25,27H,5,8-13,15-16H2,1H3/t20-,24-/m1/s1. The molecule has 0 bridgehead atoms. The van der Waals surface area contributed by atoms with Gasteiger partial charge >= 0.3 is 5.63 Å². The van der Waals surface area contributed by atoms with E-state index in [1.807, 2.05) is 36.4 Å². The zero-order valence-electron chi connectivity index (χ0n) is 17.5. The topological polar surface area (TPSA) is 82.8 Å². The Hall–Kier alpha value is -2.44. The Balaban J connectivity index is 1.48. The third-order valence-electron chi connectivity index (χ3n) is 6.78. The van der Waals surface area contributed by atoms with E-state index >= 15 is 0 Å². The quantitative estimate of drug-likeness (QED) is 0.790. The Labute approximate surface area is 176 Å². The van der Waals surface area contributed by atoms with Crippen molar-refractivity contribution in [3.63, 3.8) is 0 Å². The smallest absolute Gasteiger partial charge is 0.349 e. The molecule has 3 heterocycles. The fourth-order valence-corrected chi connectivity index (χ4v) is 4.91. The molecule has 2 aromatic rings. The zero-order valence-corrected chi connectivity index (χ0v) is 17.5. The minimum Gasteiger partial charge on any atom is -0.427 e. The maximum atomic E-state index is 13.2. The lowest BCUT2D eigenvalue weighted by atomic mass is 9.70. The number of amides is 1. The van der Waals surface area contributed by atoms with Crippen LogP contribution in [0.25, 0.3) is 0 Å². The van der Waals surface area contributed by atoms with Gasteiger partial charge < -0.3 is 19.7 Å². The van der Waals surface area contributed by atoms with Gasteiger partial charge in [-0.25, -0.2) is 4.79 Å². The number of carbonyl (C=O) groups is 1. The minimum atomic E-state index is -0.557. The van der Waals surface area contributed by atoms with Crippen LogP contribution in [-0.4, -0.2) is 48.2 Å². The maximum absolute atomic E-state index is 13.2. The van der Waals surface area contributed by atoms with Crippen molar-refractivity contribution in [1.82, 2.24) is 10.2 Å². The van der Waals surface area contributed by atoms with Crippen LogP contribution in [0.5, 0.6) is 0 Å². The number of benzene rings is 1. The Morgan fingerprint density at radius 2 is 2.07 bits per heavy atom. The molecule has 0 saturated carbocycles. The van der Waals surface area contributed by atoms with Crippen molar-refractivity contribution < 1.29 is 14.3 Å². The highest BCUT2D eigenvalue weighted by molar-refractivity contribution is 5.95. The Morgan fingerprint density at radius 1 is 1.27 bits per heavy atom. The number of fused-ring (bicyclic) bond motifs is 1. The van der Waals surface area contributed by atoms with Gasteiger partial charge in [-0.15, -0.1) is 0 Å². The zero-order chi connectivity index (χ0) is 21.1. The molecule has 0 aliphatic carbocycles. The molecule has 4 rings (SSSR count). The van der Waals surface area contributed by atoms with Gasteiger partial charge in [0.2, 0.25) is 0 Å². The fourth-order valence-electron chi connectivity index (χ4n) is 4.91. The molecular weight excluding hydrogens is 380 g/mol. The van der Waals surface area contributed by atoms with Gasteiger partial charge in [0, 0.05) is 31.0 Å². The van der Waals surface area contributed by atoms with Gasteiger partial charge in [-0.3, -0.25) is 4.79 Å².